The molecule has 0 bridgehead atoms. The summed E-state index contributed by atoms with van der Waals surface area (Å²) in [4.78, 5) is 1.28. The Morgan fingerprint density at radius 2 is 1.81 bits per heavy atom. The lowest BCUT2D eigenvalue weighted by Gasteiger charge is -2.36. The highest BCUT2D eigenvalue weighted by atomic mass is 32.1. The van der Waals surface area contributed by atoms with Crippen molar-refractivity contribution in [2.24, 2.45) is 0 Å². The molecule has 1 aromatic carbocycles. The fraction of sp³-hybridized carbons (Fsp3) is 0.545. The summed E-state index contributed by atoms with van der Waals surface area (Å²) in [5.41, 5.74) is 1.30. The molecule has 1 N–H and O–H groups in total. The summed E-state index contributed by atoms with van der Waals surface area (Å²) < 4.78 is 12.6. The number of ether oxygens (including phenoxy) is 1. The van der Waals surface area contributed by atoms with Crippen molar-refractivity contribution in [3.63, 3.8) is 0 Å². The molecule has 2 rings (SSSR count). The summed E-state index contributed by atoms with van der Waals surface area (Å²) in [6.45, 7) is 13.2. The van der Waals surface area contributed by atoms with Crippen LogP contribution in [0.15, 0.2) is 41.8 Å². The van der Waals surface area contributed by atoms with Crippen molar-refractivity contribution in [2.75, 3.05) is 20.2 Å². The average Bonchev–Trinajstić information content (AvgIpc) is 3.13. The molecule has 0 aliphatic heterocycles. The molecular weight excluding hydrogens is 370 g/mol. The maximum atomic E-state index is 6.29. The second kappa shape index (κ2) is 9.87. The summed E-state index contributed by atoms with van der Waals surface area (Å²) >= 11 is 1.75. The fourth-order valence-corrected chi connectivity index (χ4v) is 4.38. The summed E-state index contributed by atoms with van der Waals surface area (Å²) in [7, 11) is 0.314. The van der Waals surface area contributed by atoms with Gasteiger partial charge in [0.1, 0.15) is 11.9 Å². The molecule has 0 saturated heterocycles. The van der Waals surface area contributed by atoms with Crippen LogP contribution in [0.3, 0.4) is 0 Å². The highest BCUT2D eigenvalue weighted by Gasteiger charge is 2.36. The summed E-state index contributed by atoms with van der Waals surface area (Å²) in [5, 5.41) is 5.58. The van der Waals surface area contributed by atoms with E-state index < -0.39 is 8.32 Å². The van der Waals surface area contributed by atoms with Gasteiger partial charge in [0.25, 0.3) is 0 Å². The van der Waals surface area contributed by atoms with E-state index in [4.69, 9.17) is 9.16 Å². The number of benzene rings is 1. The molecule has 5 heteroatoms. The third-order valence-corrected chi connectivity index (χ3v) is 10.9. The molecule has 0 aliphatic carbocycles. The van der Waals surface area contributed by atoms with Gasteiger partial charge in [-0.1, -0.05) is 39.0 Å². The van der Waals surface area contributed by atoms with Gasteiger partial charge in [-0.15, -0.1) is 11.3 Å². The molecule has 0 saturated carbocycles. The third-order valence-electron chi connectivity index (χ3n) is 5.38. The summed E-state index contributed by atoms with van der Waals surface area (Å²) in [5.74, 6) is 0.929. The van der Waals surface area contributed by atoms with Crippen LogP contribution < -0.4 is 10.1 Å². The molecule has 0 radical (unpaired) electrons. The zero-order valence-electron chi connectivity index (χ0n) is 17.7. The molecule has 3 nitrogen and oxygen atoms in total. The maximum Gasteiger partial charge on any atom is 0.191 e. The highest BCUT2D eigenvalue weighted by Crippen LogP contribution is 2.36. The predicted octanol–water partition coefficient (Wildman–Crippen LogP) is 6.04. The van der Waals surface area contributed by atoms with Crippen molar-refractivity contribution in [1.29, 1.82) is 0 Å². The lowest BCUT2D eigenvalue weighted by atomic mass is 10.1. The van der Waals surface area contributed by atoms with Crippen LogP contribution in [0.25, 0.3) is 0 Å². The Kier molecular flexibility index (Phi) is 8.10. The van der Waals surface area contributed by atoms with Crippen molar-refractivity contribution in [1.82, 2.24) is 5.32 Å². The van der Waals surface area contributed by atoms with E-state index in [1.807, 2.05) is 7.05 Å². The molecule has 1 aromatic heterocycles. The van der Waals surface area contributed by atoms with E-state index >= 15 is 0 Å². The van der Waals surface area contributed by atoms with E-state index in [0.29, 0.717) is 0 Å². The van der Waals surface area contributed by atoms with Crippen LogP contribution in [0.1, 0.15) is 43.7 Å². The Morgan fingerprint density at radius 3 is 2.37 bits per heavy atom. The highest BCUT2D eigenvalue weighted by molar-refractivity contribution is 7.10. The van der Waals surface area contributed by atoms with Gasteiger partial charge in [-0.3, -0.25) is 0 Å². The second-order valence-electron chi connectivity index (χ2n) is 8.52. The maximum absolute atomic E-state index is 6.29. The Labute approximate surface area is 170 Å². The van der Waals surface area contributed by atoms with E-state index in [-0.39, 0.29) is 11.1 Å². The van der Waals surface area contributed by atoms with E-state index in [1.165, 1.54) is 10.4 Å². The van der Waals surface area contributed by atoms with Gasteiger partial charge in [-0.05, 0) is 67.3 Å². The van der Waals surface area contributed by atoms with Gasteiger partial charge in [-0.2, -0.15) is 0 Å². The summed E-state index contributed by atoms with van der Waals surface area (Å²) in [6.07, 6.45) is 2.00. The number of nitrogens with one attached hydrogen (secondary N) is 1. The minimum Gasteiger partial charge on any atom is -0.485 e. The Balaban J connectivity index is 1.90. The molecule has 2 aromatic rings. The van der Waals surface area contributed by atoms with Gasteiger partial charge in [0.15, 0.2) is 8.32 Å². The molecule has 150 valence electrons. The van der Waals surface area contributed by atoms with Gasteiger partial charge in [0.05, 0.1) is 0 Å². The SMILES string of the molecule is CNCCC(Oc1ccc(CCO[Si](C)(C)C(C)(C)C)cc1)c1cccs1. The fourth-order valence-electron chi connectivity index (χ4n) is 2.55. The topological polar surface area (TPSA) is 30.5 Å². The first kappa shape index (κ1) is 22.1. The van der Waals surface area contributed by atoms with Gasteiger partial charge in [0, 0.05) is 17.9 Å². The molecule has 0 spiro atoms. The molecule has 1 heterocycles. The number of rotatable bonds is 10. The van der Waals surface area contributed by atoms with E-state index in [2.05, 4.69) is 81.0 Å². The molecule has 0 amide bonds. The standard InChI is InChI=1S/C22H35NO2SSi/c1-22(2,3)27(5,6)24-16-14-18-9-11-19(12-10-18)25-20(13-15-23-4)21-8-7-17-26-21/h7-12,17,20,23H,13-16H2,1-6H3. The number of hydrogen-bond acceptors (Lipinski definition) is 4. The lowest BCUT2D eigenvalue weighted by molar-refractivity contribution is 0.198. The van der Waals surface area contributed by atoms with Crippen LogP contribution in [0.4, 0.5) is 0 Å². The second-order valence-corrected chi connectivity index (χ2v) is 14.3. The summed E-state index contributed by atoms with van der Waals surface area (Å²) in [6, 6.07) is 12.7. The minimum absolute atomic E-state index is 0.102. The molecule has 0 aliphatic rings. The van der Waals surface area contributed by atoms with Crippen LogP contribution in [-0.4, -0.2) is 28.5 Å². The quantitative estimate of drug-likeness (QED) is 0.489. The average molecular weight is 406 g/mol. The van der Waals surface area contributed by atoms with Crippen molar-refractivity contribution in [3.8, 4) is 5.75 Å². The molecule has 1 atom stereocenters. The zero-order valence-corrected chi connectivity index (χ0v) is 19.5. The zero-order chi connectivity index (χ0) is 19.9. The van der Waals surface area contributed by atoms with Crippen LogP contribution in [0.5, 0.6) is 5.75 Å². The Bertz CT molecular complexity index is 663. The molecule has 27 heavy (non-hydrogen) atoms. The first-order chi connectivity index (χ1) is 12.7. The molecule has 1 unspecified atom stereocenters. The van der Waals surface area contributed by atoms with Crippen molar-refractivity contribution in [3.05, 3.63) is 52.2 Å². The van der Waals surface area contributed by atoms with Gasteiger partial charge in [-0.25, -0.2) is 0 Å². The smallest absolute Gasteiger partial charge is 0.191 e. The first-order valence-electron chi connectivity index (χ1n) is 9.80. The number of thiophene rings is 1. The van der Waals surface area contributed by atoms with Crippen LogP contribution in [0, 0.1) is 0 Å². The predicted molar refractivity (Wildman–Crippen MR) is 120 cm³/mol. The third kappa shape index (κ3) is 6.75. The monoisotopic (exact) mass is 405 g/mol. The van der Waals surface area contributed by atoms with E-state index in [9.17, 15) is 0 Å². The Morgan fingerprint density at radius 1 is 1.11 bits per heavy atom. The van der Waals surface area contributed by atoms with Crippen LogP contribution in [0.2, 0.25) is 18.1 Å². The minimum atomic E-state index is -1.66. The van der Waals surface area contributed by atoms with Gasteiger partial charge < -0.3 is 14.5 Å². The normalized spacial score (nSPS) is 13.6. The van der Waals surface area contributed by atoms with Crippen molar-refractivity contribution < 1.29 is 9.16 Å². The first-order valence-corrected chi connectivity index (χ1v) is 13.6. The van der Waals surface area contributed by atoms with Crippen LogP contribution >= 0.6 is 11.3 Å². The van der Waals surface area contributed by atoms with Crippen molar-refractivity contribution >= 4 is 19.7 Å². The van der Waals surface area contributed by atoms with Crippen molar-refractivity contribution in [2.45, 2.75) is 57.8 Å². The Hall–Kier alpha value is -1.14. The molecule has 0 fully saturated rings. The molecular formula is C22H35NO2SSi. The van der Waals surface area contributed by atoms with E-state index in [0.717, 1.165) is 31.7 Å². The largest absolute Gasteiger partial charge is 0.485 e. The number of hydrogen-bond donors (Lipinski definition) is 1. The van der Waals surface area contributed by atoms with E-state index in [1.54, 1.807) is 11.3 Å². The lowest BCUT2D eigenvalue weighted by Crippen LogP contribution is -2.41. The van der Waals surface area contributed by atoms with Gasteiger partial charge in [0.2, 0.25) is 0 Å². The van der Waals surface area contributed by atoms with Crippen LogP contribution in [-0.2, 0) is 10.8 Å². The van der Waals surface area contributed by atoms with Gasteiger partial charge >= 0.3 is 0 Å².